The van der Waals surface area contributed by atoms with Crippen molar-refractivity contribution in [3.8, 4) is 11.5 Å². The minimum absolute atomic E-state index is 0.0230. The van der Waals surface area contributed by atoms with Gasteiger partial charge in [0.2, 0.25) is 0 Å². The van der Waals surface area contributed by atoms with Gasteiger partial charge in [0.15, 0.2) is 42.4 Å². The molecule has 0 spiro atoms. The Morgan fingerprint density at radius 2 is 1.52 bits per heavy atom. The van der Waals surface area contributed by atoms with E-state index in [1.807, 2.05) is 0 Å². The monoisotopic (exact) mass is 863 g/mol. The van der Waals surface area contributed by atoms with Crippen LogP contribution in [0.4, 0.5) is 5.69 Å². The van der Waals surface area contributed by atoms with Gasteiger partial charge >= 0.3 is 11.9 Å². The Morgan fingerprint density at radius 3 is 2.20 bits per heavy atom. The molecule has 4 aliphatic rings. The SMILES string of the molecule is COc1ccc(NC(=O)C2OCCC(OC3OC(CO)C(O)C(OC(CC4CCCCC4)C(=O)O)C3OC(=O)c3ccccc3)C2OC2OC(C)C(O)C(O)C2O)cc1OC. The van der Waals surface area contributed by atoms with Gasteiger partial charge in [-0.15, -0.1) is 0 Å². The van der Waals surface area contributed by atoms with Crippen molar-refractivity contribution in [3.05, 3.63) is 54.1 Å². The average Bonchev–Trinajstić information content (AvgIpc) is 3.27. The van der Waals surface area contributed by atoms with Crippen LogP contribution in [-0.2, 0) is 42.7 Å². The Bertz CT molecular complexity index is 1750. The number of aliphatic hydroxyl groups is 5. The number of nitrogens with one attached hydrogen (secondary N) is 1. The highest BCUT2D eigenvalue weighted by Crippen LogP contribution is 2.36. The molecular formula is C42H57NO18. The molecule has 2 aromatic rings. The third-order valence-electron chi connectivity index (χ3n) is 11.6. The van der Waals surface area contributed by atoms with Gasteiger partial charge < -0.3 is 78.6 Å². The molecule has 3 aliphatic heterocycles. The minimum atomic E-state index is -1.81. The molecule has 0 bridgehead atoms. The van der Waals surface area contributed by atoms with Crippen LogP contribution in [0.2, 0.25) is 0 Å². The summed E-state index contributed by atoms with van der Waals surface area (Å²) in [6, 6.07) is 12.5. The number of benzene rings is 2. The topological polar surface area (TPSA) is 268 Å². The van der Waals surface area contributed by atoms with Gasteiger partial charge in [0.05, 0.1) is 45.2 Å². The van der Waals surface area contributed by atoms with Crippen LogP contribution in [0, 0.1) is 5.92 Å². The lowest BCUT2D eigenvalue weighted by Crippen LogP contribution is -2.65. The Kier molecular flexibility index (Phi) is 16.3. The minimum Gasteiger partial charge on any atom is -0.493 e. The molecule has 6 rings (SSSR count). The normalized spacial score (nSPS) is 33.9. The molecule has 61 heavy (non-hydrogen) atoms. The van der Waals surface area contributed by atoms with E-state index in [1.165, 1.54) is 39.3 Å². The van der Waals surface area contributed by atoms with E-state index < -0.39 is 110 Å². The van der Waals surface area contributed by atoms with E-state index in [-0.39, 0.29) is 36.6 Å². The lowest BCUT2D eigenvalue weighted by molar-refractivity contribution is -0.353. The number of rotatable bonds is 16. The van der Waals surface area contributed by atoms with Crippen molar-refractivity contribution in [1.29, 1.82) is 0 Å². The highest BCUT2D eigenvalue weighted by molar-refractivity contribution is 5.95. The van der Waals surface area contributed by atoms with Crippen molar-refractivity contribution >= 4 is 23.5 Å². The van der Waals surface area contributed by atoms with Crippen LogP contribution in [0.15, 0.2) is 48.5 Å². The van der Waals surface area contributed by atoms with Crippen molar-refractivity contribution in [2.75, 3.05) is 32.8 Å². The lowest BCUT2D eigenvalue weighted by atomic mass is 9.85. The van der Waals surface area contributed by atoms with E-state index in [0.29, 0.717) is 11.5 Å². The van der Waals surface area contributed by atoms with Gasteiger partial charge in [-0.2, -0.15) is 0 Å². The van der Waals surface area contributed by atoms with Gasteiger partial charge in [-0.3, -0.25) is 4.79 Å². The maximum absolute atomic E-state index is 14.1. The van der Waals surface area contributed by atoms with E-state index in [0.717, 1.165) is 32.1 Å². The summed E-state index contributed by atoms with van der Waals surface area (Å²) in [6.45, 7) is 0.546. The molecule has 3 heterocycles. The lowest BCUT2D eigenvalue weighted by Gasteiger charge is -2.47. The summed E-state index contributed by atoms with van der Waals surface area (Å²) in [5.74, 6) is -2.21. The highest BCUT2D eigenvalue weighted by Gasteiger charge is 2.54. The molecule has 19 nitrogen and oxygen atoms in total. The Labute approximate surface area is 352 Å². The van der Waals surface area contributed by atoms with E-state index in [1.54, 1.807) is 30.3 Å². The molecule has 2 aromatic carbocycles. The Morgan fingerprint density at radius 1 is 0.803 bits per heavy atom. The van der Waals surface area contributed by atoms with Gasteiger partial charge in [-0.25, -0.2) is 9.59 Å². The second kappa shape index (κ2) is 21.4. The van der Waals surface area contributed by atoms with Gasteiger partial charge in [-0.1, -0.05) is 50.3 Å². The van der Waals surface area contributed by atoms with Crippen molar-refractivity contribution in [3.63, 3.8) is 0 Å². The third-order valence-corrected chi connectivity index (χ3v) is 11.6. The number of esters is 1. The molecule has 0 aromatic heterocycles. The maximum atomic E-state index is 14.1. The zero-order valence-electron chi connectivity index (χ0n) is 34.2. The van der Waals surface area contributed by atoms with Crippen LogP contribution in [-0.4, -0.2) is 162 Å². The number of hydrogen-bond acceptors (Lipinski definition) is 17. The van der Waals surface area contributed by atoms with E-state index >= 15 is 0 Å². The third kappa shape index (κ3) is 11.2. The molecule has 4 fully saturated rings. The second-order valence-electron chi connectivity index (χ2n) is 15.7. The smallest absolute Gasteiger partial charge is 0.338 e. The number of carbonyl (C=O) groups is 3. The maximum Gasteiger partial charge on any atom is 0.338 e. The van der Waals surface area contributed by atoms with Crippen LogP contribution in [0.1, 0.15) is 62.2 Å². The summed E-state index contributed by atoms with van der Waals surface area (Å²) in [5, 5.41) is 67.1. The number of methoxy groups -OCH3 is 2. The van der Waals surface area contributed by atoms with Crippen LogP contribution in [0.3, 0.4) is 0 Å². The zero-order valence-corrected chi connectivity index (χ0v) is 34.2. The van der Waals surface area contributed by atoms with Crippen LogP contribution >= 0.6 is 0 Å². The van der Waals surface area contributed by atoms with E-state index in [4.69, 9.17) is 42.6 Å². The average molecular weight is 864 g/mol. The summed E-state index contributed by atoms with van der Waals surface area (Å²) in [5.41, 5.74) is 0.381. The largest absolute Gasteiger partial charge is 0.493 e. The molecule has 14 atom stereocenters. The number of aliphatic hydroxyl groups excluding tert-OH is 5. The summed E-state index contributed by atoms with van der Waals surface area (Å²) >= 11 is 0. The fourth-order valence-electron chi connectivity index (χ4n) is 8.20. The number of carboxylic acid groups (broad SMARTS) is 1. The second-order valence-corrected chi connectivity index (χ2v) is 15.7. The molecule has 19 heteroatoms. The summed E-state index contributed by atoms with van der Waals surface area (Å²) in [4.78, 5) is 40.5. The summed E-state index contributed by atoms with van der Waals surface area (Å²) in [6.07, 6.45) is -16.9. The zero-order chi connectivity index (χ0) is 43.8. The van der Waals surface area contributed by atoms with Gasteiger partial charge in [0.25, 0.3) is 5.91 Å². The first-order chi connectivity index (χ1) is 29.3. The van der Waals surface area contributed by atoms with Gasteiger partial charge in [0.1, 0.15) is 42.7 Å². The molecular weight excluding hydrogens is 806 g/mol. The number of ether oxygens (including phenoxy) is 9. The molecule has 14 unspecified atom stereocenters. The number of anilines is 1. The predicted molar refractivity (Wildman–Crippen MR) is 210 cm³/mol. The van der Waals surface area contributed by atoms with Crippen molar-refractivity contribution in [2.45, 2.75) is 138 Å². The molecule has 3 saturated heterocycles. The quantitative estimate of drug-likeness (QED) is 0.117. The number of carboxylic acids is 1. The molecule has 0 radical (unpaired) electrons. The van der Waals surface area contributed by atoms with E-state index in [9.17, 15) is 45.0 Å². The first-order valence-electron chi connectivity index (χ1n) is 20.6. The summed E-state index contributed by atoms with van der Waals surface area (Å²) in [7, 11) is 2.88. The van der Waals surface area contributed by atoms with Gasteiger partial charge in [-0.05, 0) is 49.9 Å². The highest BCUT2D eigenvalue weighted by atomic mass is 16.8. The number of aliphatic carboxylic acids is 1. The van der Waals surface area contributed by atoms with Gasteiger partial charge in [0, 0.05) is 11.8 Å². The number of amides is 1. The van der Waals surface area contributed by atoms with Crippen molar-refractivity contribution < 1.29 is 87.7 Å². The molecule has 1 aliphatic carbocycles. The fraction of sp³-hybridized carbons (Fsp3) is 0.643. The Balaban J connectivity index is 1.34. The Hall–Kier alpha value is -3.99. The first-order valence-corrected chi connectivity index (χ1v) is 20.6. The van der Waals surface area contributed by atoms with Crippen molar-refractivity contribution in [1.82, 2.24) is 0 Å². The summed E-state index contributed by atoms with van der Waals surface area (Å²) < 4.78 is 53.4. The first kappa shape index (κ1) is 46.5. The number of carbonyl (C=O) groups excluding carboxylic acids is 2. The molecule has 1 saturated carbocycles. The fourth-order valence-corrected chi connectivity index (χ4v) is 8.20. The molecule has 7 N–H and O–H groups in total. The van der Waals surface area contributed by atoms with Crippen LogP contribution < -0.4 is 14.8 Å². The molecule has 1 amide bonds. The predicted octanol–water partition coefficient (Wildman–Crippen LogP) is 1.14. The van der Waals surface area contributed by atoms with Crippen molar-refractivity contribution in [2.24, 2.45) is 5.92 Å². The van der Waals surface area contributed by atoms with E-state index in [2.05, 4.69) is 5.32 Å². The number of hydrogen-bond donors (Lipinski definition) is 7. The van der Waals surface area contributed by atoms with Crippen LogP contribution in [0.5, 0.6) is 11.5 Å². The standard InChI is InChI=1S/C42H57NO18/c1-21-30(45)32(47)33(48)41(56-21)61-34-26(16-17-55-36(34)38(49)43-24-14-15-25(53-2)27(19-24)54-3)58-42-37(60-40(52)23-12-8-5-9-13-23)35(31(46)29(20-44)59-42)57-28(39(50)51)18-22-10-6-4-7-11-22/h5,8-9,12-15,19,21-22,26,28-37,41-42,44-48H,4,6-7,10-11,16-18,20H2,1-3H3,(H,43,49)(H,50,51). The van der Waals surface area contributed by atoms with Crippen LogP contribution in [0.25, 0.3) is 0 Å². The molecule has 338 valence electrons.